The van der Waals surface area contributed by atoms with E-state index in [2.05, 4.69) is 16.0 Å². The maximum absolute atomic E-state index is 12.5. The summed E-state index contributed by atoms with van der Waals surface area (Å²) in [5.74, 6) is -0.114. The molecule has 136 valence electrons. The van der Waals surface area contributed by atoms with Gasteiger partial charge in [-0.2, -0.15) is 0 Å². The predicted octanol–water partition coefficient (Wildman–Crippen LogP) is 2.04. The lowest BCUT2D eigenvalue weighted by molar-refractivity contribution is -0.118. The van der Waals surface area contributed by atoms with Crippen LogP contribution in [0, 0.1) is 11.3 Å². The Labute approximate surface area is 152 Å². The Balaban J connectivity index is 1.57. The number of carbonyl (C=O) groups is 2. The van der Waals surface area contributed by atoms with Gasteiger partial charge < -0.3 is 20.7 Å². The van der Waals surface area contributed by atoms with E-state index in [4.69, 9.17) is 16.3 Å². The molecule has 1 spiro atoms. The van der Waals surface area contributed by atoms with Crippen molar-refractivity contribution < 1.29 is 14.3 Å². The fourth-order valence-corrected chi connectivity index (χ4v) is 3.83. The summed E-state index contributed by atoms with van der Waals surface area (Å²) in [6.45, 7) is 2.84. The lowest BCUT2D eigenvalue weighted by atomic mass is 9.92. The Morgan fingerprint density at radius 2 is 2.12 bits per heavy atom. The van der Waals surface area contributed by atoms with Crippen LogP contribution in [0.15, 0.2) is 18.2 Å². The number of carbonyl (C=O) groups excluding carboxylic acids is 2. The largest absolute Gasteiger partial charge is 0.383 e. The summed E-state index contributed by atoms with van der Waals surface area (Å²) in [7, 11) is 1.57. The standard InChI is InChI=1S/C18H24ClN3O3/c1-25-9-8-21-16(23)13-3-2-12(10-15(13)19)22-17(24)14-11-18(14)4-6-20-7-5-18/h2-3,10,14,20H,4-9,11H2,1H3,(H,21,23)(H,22,24). The van der Waals surface area contributed by atoms with Crippen LogP contribution in [-0.2, 0) is 9.53 Å². The summed E-state index contributed by atoms with van der Waals surface area (Å²) in [5.41, 5.74) is 1.21. The lowest BCUT2D eigenvalue weighted by Crippen LogP contribution is -2.31. The average Bonchev–Trinajstić information content (AvgIpc) is 3.29. The molecule has 1 aliphatic carbocycles. The van der Waals surface area contributed by atoms with E-state index in [0.29, 0.717) is 29.4 Å². The monoisotopic (exact) mass is 365 g/mol. The minimum atomic E-state index is -0.254. The number of amides is 2. The molecule has 25 heavy (non-hydrogen) atoms. The van der Waals surface area contributed by atoms with Crippen molar-refractivity contribution in [1.82, 2.24) is 10.6 Å². The van der Waals surface area contributed by atoms with E-state index in [9.17, 15) is 9.59 Å². The third kappa shape index (κ3) is 4.14. The van der Waals surface area contributed by atoms with E-state index in [1.54, 1.807) is 25.3 Å². The van der Waals surface area contributed by atoms with Gasteiger partial charge in [0.15, 0.2) is 0 Å². The molecule has 0 bridgehead atoms. The predicted molar refractivity (Wildman–Crippen MR) is 96.9 cm³/mol. The van der Waals surface area contributed by atoms with Crippen molar-refractivity contribution in [2.45, 2.75) is 19.3 Å². The Bertz CT molecular complexity index is 659. The summed E-state index contributed by atoms with van der Waals surface area (Å²) in [6.07, 6.45) is 3.09. The van der Waals surface area contributed by atoms with E-state index in [1.165, 1.54) is 0 Å². The Morgan fingerprint density at radius 3 is 2.80 bits per heavy atom. The van der Waals surface area contributed by atoms with Crippen LogP contribution in [0.1, 0.15) is 29.6 Å². The molecule has 0 aromatic heterocycles. The number of halogens is 1. The number of hydrogen-bond acceptors (Lipinski definition) is 4. The smallest absolute Gasteiger partial charge is 0.252 e. The molecule has 2 amide bonds. The third-order valence-corrected chi connectivity index (χ3v) is 5.49. The van der Waals surface area contributed by atoms with Gasteiger partial charge in [0.1, 0.15) is 0 Å². The number of methoxy groups -OCH3 is 1. The second kappa shape index (κ2) is 7.72. The van der Waals surface area contributed by atoms with Crippen LogP contribution < -0.4 is 16.0 Å². The number of benzene rings is 1. The van der Waals surface area contributed by atoms with Gasteiger partial charge in [-0.25, -0.2) is 0 Å². The second-order valence-electron chi connectivity index (χ2n) is 6.80. The van der Waals surface area contributed by atoms with Crippen LogP contribution >= 0.6 is 11.6 Å². The molecule has 6 nitrogen and oxygen atoms in total. The van der Waals surface area contributed by atoms with Gasteiger partial charge in [0.25, 0.3) is 5.91 Å². The first-order valence-corrected chi connectivity index (χ1v) is 9.02. The molecule has 3 rings (SSSR count). The zero-order valence-electron chi connectivity index (χ0n) is 14.4. The number of nitrogens with one attached hydrogen (secondary N) is 3. The normalized spacial score (nSPS) is 21.0. The topological polar surface area (TPSA) is 79.5 Å². The molecule has 1 unspecified atom stereocenters. The first-order valence-electron chi connectivity index (χ1n) is 8.64. The molecular weight excluding hydrogens is 342 g/mol. The molecule has 1 atom stereocenters. The highest BCUT2D eigenvalue weighted by molar-refractivity contribution is 6.34. The van der Waals surface area contributed by atoms with Gasteiger partial charge in [0, 0.05) is 25.3 Å². The van der Waals surface area contributed by atoms with Crippen LogP contribution in [0.5, 0.6) is 0 Å². The summed E-state index contributed by atoms with van der Waals surface area (Å²) in [6, 6.07) is 4.97. The fraction of sp³-hybridized carbons (Fsp3) is 0.556. The molecular formula is C18H24ClN3O3. The van der Waals surface area contributed by atoms with E-state index in [-0.39, 0.29) is 23.1 Å². The first kappa shape index (κ1) is 18.2. The summed E-state index contributed by atoms with van der Waals surface area (Å²) in [4.78, 5) is 24.5. The summed E-state index contributed by atoms with van der Waals surface area (Å²) in [5, 5.41) is 9.32. The second-order valence-corrected chi connectivity index (χ2v) is 7.21. The molecule has 1 aromatic rings. The number of ether oxygens (including phenoxy) is 1. The molecule has 3 N–H and O–H groups in total. The van der Waals surface area contributed by atoms with Gasteiger partial charge in [-0.15, -0.1) is 0 Å². The highest BCUT2D eigenvalue weighted by atomic mass is 35.5. The van der Waals surface area contributed by atoms with Gasteiger partial charge in [-0.1, -0.05) is 11.6 Å². The van der Waals surface area contributed by atoms with Crippen molar-refractivity contribution in [3.63, 3.8) is 0 Å². The minimum Gasteiger partial charge on any atom is -0.383 e. The zero-order chi connectivity index (χ0) is 17.9. The van der Waals surface area contributed by atoms with E-state index < -0.39 is 0 Å². The molecule has 1 saturated carbocycles. The van der Waals surface area contributed by atoms with Crippen molar-refractivity contribution in [3.05, 3.63) is 28.8 Å². The van der Waals surface area contributed by atoms with Crippen molar-refractivity contribution in [2.75, 3.05) is 38.7 Å². The highest BCUT2D eigenvalue weighted by Crippen LogP contribution is 2.58. The van der Waals surface area contributed by atoms with E-state index in [1.807, 2.05) is 0 Å². The SMILES string of the molecule is COCCNC(=O)c1ccc(NC(=O)C2CC23CCNCC3)cc1Cl. The Hall–Kier alpha value is -1.63. The maximum Gasteiger partial charge on any atom is 0.252 e. The molecule has 1 aliphatic heterocycles. The number of anilines is 1. The number of rotatable bonds is 6. The third-order valence-electron chi connectivity index (χ3n) is 5.18. The minimum absolute atomic E-state index is 0.0512. The van der Waals surface area contributed by atoms with Gasteiger partial charge in [-0.3, -0.25) is 9.59 Å². The Morgan fingerprint density at radius 1 is 1.36 bits per heavy atom. The van der Waals surface area contributed by atoms with Crippen LogP contribution in [0.25, 0.3) is 0 Å². The molecule has 7 heteroatoms. The van der Waals surface area contributed by atoms with Crippen LogP contribution in [-0.4, -0.2) is 45.2 Å². The summed E-state index contributed by atoms with van der Waals surface area (Å²) >= 11 is 6.21. The Kier molecular flexibility index (Phi) is 5.61. The van der Waals surface area contributed by atoms with Crippen LogP contribution in [0.3, 0.4) is 0 Å². The molecule has 1 heterocycles. The van der Waals surface area contributed by atoms with Crippen molar-refractivity contribution in [1.29, 1.82) is 0 Å². The fourth-order valence-electron chi connectivity index (χ4n) is 3.56. The van der Waals surface area contributed by atoms with E-state index >= 15 is 0 Å². The molecule has 2 aliphatic rings. The molecule has 1 aromatic carbocycles. The number of piperidine rings is 1. The lowest BCUT2D eigenvalue weighted by Gasteiger charge is -2.23. The zero-order valence-corrected chi connectivity index (χ0v) is 15.1. The first-order chi connectivity index (χ1) is 12.1. The van der Waals surface area contributed by atoms with Gasteiger partial charge in [-0.05, 0) is 56.0 Å². The van der Waals surface area contributed by atoms with Crippen molar-refractivity contribution in [3.8, 4) is 0 Å². The molecule has 2 fully saturated rings. The van der Waals surface area contributed by atoms with Gasteiger partial charge >= 0.3 is 0 Å². The maximum atomic E-state index is 12.5. The van der Waals surface area contributed by atoms with Crippen LogP contribution in [0.2, 0.25) is 5.02 Å². The number of hydrogen-bond donors (Lipinski definition) is 3. The van der Waals surface area contributed by atoms with Crippen LogP contribution in [0.4, 0.5) is 5.69 Å². The quantitative estimate of drug-likeness (QED) is 0.674. The summed E-state index contributed by atoms with van der Waals surface area (Å²) < 4.78 is 4.90. The highest BCUT2D eigenvalue weighted by Gasteiger charge is 2.57. The molecule has 1 saturated heterocycles. The average molecular weight is 366 g/mol. The van der Waals surface area contributed by atoms with Gasteiger partial charge in [0.05, 0.1) is 17.2 Å². The molecule has 0 radical (unpaired) electrons. The van der Waals surface area contributed by atoms with Crippen molar-refractivity contribution in [2.24, 2.45) is 11.3 Å². The van der Waals surface area contributed by atoms with Gasteiger partial charge in [0.2, 0.25) is 5.91 Å². The van der Waals surface area contributed by atoms with Crippen molar-refractivity contribution >= 4 is 29.1 Å². The van der Waals surface area contributed by atoms with E-state index in [0.717, 1.165) is 32.4 Å².